The zero-order chi connectivity index (χ0) is 19.3. The van der Waals surface area contributed by atoms with Gasteiger partial charge in [0.2, 0.25) is 5.91 Å². The van der Waals surface area contributed by atoms with Crippen molar-refractivity contribution in [1.82, 2.24) is 4.90 Å². The number of ether oxygens (including phenoxy) is 1. The van der Waals surface area contributed by atoms with E-state index in [0.29, 0.717) is 5.69 Å². The van der Waals surface area contributed by atoms with E-state index < -0.39 is 9.84 Å². The number of anilines is 1. The summed E-state index contributed by atoms with van der Waals surface area (Å²) in [6, 6.07) is 13.9. The standard InChI is InChI=1S/C19H24N2O4S/c1-14(17-10-5-6-11-18(17)25-3)21(2)13-19(22)20-15-8-7-9-16(12-15)26(4,23)24/h5-12,14H,13H2,1-4H3,(H,20,22)/t14-/m0/s1. The van der Waals surface area contributed by atoms with Gasteiger partial charge in [-0.25, -0.2) is 8.42 Å². The van der Waals surface area contributed by atoms with Crippen LogP contribution in [0.3, 0.4) is 0 Å². The number of carbonyl (C=O) groups excluding carboxylic acids is 1. The van der Waals surface area contributed by atoms with Gasteiger partial charge >= 0.3 is 0 Å². The smallest absolute Gasteiger partial charge is 0.238 e. The molecule has 0 radical (unpaired) electrons. The summed E-state index contributed by atoms with van der Waals surface area (Å²) in [5.41, 5.74) is 1.45. The summed E-state index contributed by atoms with van der Waals surface area (Å²) in [5.74, 6) is 0.549. The fraction of sp³-hybridized carbons (Fsp3) is 0.316. The van der Waals surface area contributed by atoms with E-state index in [1.54, 1.807) is 19.2 Å². The molecule has 26 heavy (non-hydrogen) atoms. The topological polar surface area (TPSA) is 75.7 Å². The lowest BCUT2D eigenvalue weighted by atomic mass is 10.1. The highest BCUT2D eigenvalue weighted by atomic mass is 32.2. The van der Waals surface area contributed by atoms with Crippen LogP contribution in [0.2, 0.25) is 0 Å². The second kappa shape index (κ2) is 8.33. The number of benzene rings is 2. The van der Waals surface area contributed by atoms with Crippen LogP contribution in [0.4, 0.5) is 5.69 Å². The number of nitrogens with zero attached hydrogens (tertiary/aromatic N) is 1. The van der Waals surface area contributed by atoms with Gasteiger partial charge in [0.25, 0.3) is 0 Å². The molecule has 1 N–H and O–H groups in total. The SMILES string of the molecule is COc1ccccc1[C@H](C)N(C)CC(=O)Nc1cccc(S(C)(=O)=O)c1. The Balaban J connectivity index is 2.05. The van der Waals surface area contributed by atoms with Crippen LogP contribution in [0.5, 0.6) is 5.75 Å². The number of para-hydroxylation sites is 1. The average Bonchev–Trinajstić information content (AvgIpc) is 2.60. The molecule has 0 aromatic heterocycles. The molecule has 1 amide bonds. The maximum Gasteiger partial charge on any atom is 0.238 e. The summed E-state index contributed by atoms with van der Waals surface area (Å²) in [4.78, 5) is 14.4. The van der Waals surface area contributed by atoms with Crippen molar-refractivity contribution in [3.8, 4) is 5.75 Å². The Kier molecular flexibility index (Phi) is 6.39. The first-order chi connectivity index (χ1) is 12.2. The van der Waals surface area contributed by atoms with Crippen molar-refractivity contribution in [1.29, 1.82) is 0 Å². The number of amides is 1. The van der Waals surface area contributed by atoms with Crippen LogP contribution >= 0.6 is 0 Å². The molecule has 0 bridgehead atoms. The predicted molar refractivity (Wildman–Crippen MR) is 102 cm³/mol. The molecule has 0 saturated heterocycles. The van der Waals surface area contributed by atoms with Gasteiger partial charge in [-0.05, 0) is 38.2 Å². The molecular weight excluding hydrogens is 352 g/mol. The molecule has 0 aliphatic carbocycles. The van der Waals surface area contributed by atoms with Crippen LogP contribution in [0.25, 0.3) is 0 Å². The summed E-state index contributed by atoms with van der Waals surface area (Å²) >= 11 is 0. The summed E-state index contributed by atoms with van der Waals surface area (Å²) in [6.45, 7) is 2.15. The molecular formula is C19H24N2O4S. The molecule has 0 spiro atoms. The van der Waals surface area contributed by atoms with Gasteiger partial charge in [-0.3, -0.25) is 9.69 Å². The minimum absolute atomic E-state index is 0.0285. The van der Waals surface area contributed by atoms with Crippen LogP contribution in [0.15, 0.2) is 53.4 Å². The summed E-state index contributed by atoms with van der Waals surface area (Å²) in [7, 11) is 0.152. The van der Waals surface area contributed by atoms with Crippen molar-refractivity contribution in [2.24, 2.45) is 0 Å². The van der Waals surface area contributed by atoms with Crippen LogP contribution in [-0.4, -0.2) is 46.2 Å². The first-order valence-corrected chi connectivity index (χ1v) is 10.0. The highest BCUT2D eigenvalue weighted by Crippen LogP contribution is 2.27. The van der Waals surface area contributed by atoms with Crippen LogP contribution in [-0.2, 0) is 14.6 Å². The van der Waals surface area contributed by atoms with E-state index >= 15 is 0 Å². The van der Waals surface area contributed by atoms with Crippen molar-refractivity contribution < 1.29 is 17.9 Å². The Morgan fingerprint density at radius 3 is 2.54 bits per heavy atom. The Morgan fingerprint density at radius 2 is 1.88 bits per heavy atom. The van der Waals surface area contributed by atoms with Gasteiger partial charge in [0.15, 0.2) is 9.84 Å². The molecule has 6 nitrogen and oxygen atoms in total. The van der Waals surface area contributed by atoms with Crippen LogP contribution < -0.4 is 10.1 Å². The number of hydrogen-bond donors (Lipinski definition) is 1. The van der Waals surface area contributed by atoms with Crippen molar-refractivity contribution in [3.05, 3.63) is 54.1 Å². The second-order valence-electron chi connectivity index (χ2n) is 6.18. The molecule has 0 aliphatic heterocycles. The molecule has 0 unspecified atom stereocenters. The van der Waals surface area contributed by atoms with Gasteiger partial charge in [0.1, 0.15) is 5.75 Å². The average molecular weight is 376 g/mol. The summed E-state index contributed by atoms with van der Waals surface area (Å²) in [6.07, 6.45) is 1.14. The number of nitrogens with one attached hydrogen (secondary N) is 1. The monoisotopic (exact) mass is 376 g/mol. The molecule has 0 heterocycles. The quantitative estimate of drug-likeness (QED) is 0.804. The maximum atomic E-state index is 12.3. The largest absolute Gasteiger partial charge is 0.496 e. The van der Waals surface area contributed by atoms with Gasteiger partial charge < -0.3 is 10.1 Å². The van der Waals surface area contributed by atoms with Crippen LogP contribution in [0.1, 0.15) is 18.5 Å². The van der Waals surface area contributed by atoms with Gasteiger partial charge in [-0.15, -0.1) is 0 Å². The molecule has 2 rings (SSSR count). The lowest BCUT2D eigenvalue weighted by molar-refractivity contribution is -0.117. The number of likely N-dealkylation sites (N-methyl/N-ethyl adjacent to an activating group) is 1. The van der Waals surface area contributed by atoms with Crippen LogP contribution in [0, 0.1) is 0 Å². The van der Waals surface area contributed by atoms with Gasteiger partial charge in [-0.2, -0.15) is 0 Å². The minimum atomic E-state index is -3.32. The number of carbonyl (C=O) groups is 1. The van der Waals surface area contributed by atoms with E-state index in [0.717, 1.165) is 17.6 Å². The van der Waals surface area contributed by atoms with Crippen molar-refractivity contribution in [3.63, 3.8) is 0 Å². The minimum Gasteiger partial charge on any atom is -0.496 e. The third-order valence-electron chi connectivity index (χ3n) is 4.19. The lowest BCUT2D eigenvalue weighted by Crippen LogP contribution is -2.32. The van der Waals surface area contributed by atoms with E-state index in [2.05, 4.69) is 5.32 Å². The highest BCUT2D eigenvalue weighted by Gasteiger charge is 2.18. The summed E-state index contributed by atoms with van der Waals surface area (Å²) in [5, 5.41) is 2.74. The zero-order valence-corrected chi connectivity index (χ0v) is 16.2. The van der Waals surface area contributed by atoms with E-state index in [1.807, 2.05) is 43.1 Å². The van der Waals surface area contributed by atoms with E-state index in [-0.39, 0.29) is 23.4 Å². The Morgan fingerprint density at radius 1 is 1.19 bits per heavy atom. The number of rotatable bonds is 7. The normalized spacial score (nSPS) is 12.7. The van der Waals surface area contributed by atoms with Gasteiger partial charge in [0.05, 0.1) is 18.6 Å². The zero-order valence-electron chi connectivity index (χ0n) is 15.4. The Hall–Kier alpha value is -2.38. The molecule has 2 aromatic rings. The third-order valence-corrected chi connectivity index (χ3v) is 5.30. The predicted octanol–water partition coefficient (Wildman–Crippen LogP) is 2.73. The molecule has 0 fully saturated rings. The molecule has 0 saturated carbocycles. The number of methoxy groups -OCH3 is 1. The van der Waals surface area contributed by atoms with Gasteiger partial charge in [0, 0.05) is 23.5 Å². The first-order valence-electron chi connectivity index (χ1n) is 8.15. The van der Waals surface area contributed by atoms with E-state index in [1.165, 1.54) is 12.1 Å². The van der Waals surface area contributed by atoms with Gasteiger partial charge in [-0.1, -0.05) is 24.3 Å². The fourth-order valence-electron chi connectivity index (χ4n) is 2.62. The molecule has 0 aliphatic rings. The fourth-order valence-corrected chi connectivity index (χ4v) is 3.28. The number of hydrogen-bond acceptors (Lipinski definition) is 5. The molecule has 2 aromatic carbocycles. The van der Waals surface area contributed by atoms with E-state index in [4.69, 9.17) is 4.74 Å². The Labute approximate surface area is 154 Å². The van der Waals surface area contributed by atoms with E-state index in [9.17, 15) is 13.2 Å². The molecule has 7 heteroatoms. The summed E-state index contributed by atoms with van der Waals surface area (Å²) < 4.78 is 28.6. The maximum absolute atomic E-state index is 12.3. The van der Waals surface area contributed by atoms with Crippen molar-refractivity contribution in [2.45, 2.75) is 17.9 Å². The molecule has 140 valence electrons. The Bertz CT molecular complexity index is 881. The first kappa shape index (κ1) is 19.9. The highest BCUT2D eigenvalue weighted by molar-refractivity contribution is 7.90. The second-order valence-corrected chi connectivity index (χ2v) is 8.20. The van der Waals surface area contributed by atoms with Crippen molar-refractivity contribution in [2.75, 3.05) is 32.3 Å². The number of sulfone groups is 1. The molecule has 1 atom stereocenters. The van der Waals surface area contributed by atoms with Crippen molar-refractivity contribution >= 4 is 21.4 Å². The lowest BCUT2D eigenvalue weighted by Gasteiger charge is -2.25. The third kappa shape index (κ3) is 5.06.